The number of fused-ring (bicyclic) bond motifs is 3. The van der Waals surface area contributed by atoms with E-state index in [0.29, 0.717) is 12.1 Å². The number of rotatable bonds is 3. The summed E-state index contributed by atoms with van der Waals surface area (Å²) in [5.74, 6) is 0. The predicted octanol–water partition coefficient (Wildman–Crippen LogP) is 1.77. The van der Waals surface area contributed by atoms with Gasteiger partial charge in [0.1, 0.15) is 0 Å². The quantitative estimate of drug-likeness (QED) is 0.917. The molecule has 0 aromatic carbocycles. The van der Waals surface area contributed by atoms with Crippen LogP contribution in [0.15, 0.2) is 15.9 Å². The van der Waals surface area contributed by atoms with Crippen LogP contribution < -0.4 is 5.32 Å². The van der Waals surface area contributed by atoms with E-state index in [1.54, 1.807) is 0 Å². The first-order valence-electron chi connectivity index (χ1n) is 6.16. The Morgan fingerprint density at radius 3 is 2.65 bits per heavy atom. The number of hydrogen-bond donors (Lipinski definition) is 1. The van der Waals surface area contributed by atoms with Crippen LogP contribution in [0.2, 0.25) is 0 Å². The molecular weight excluding hydrogens is 298 g/mol. The number of halogens is 1. The molecule has 2 unspecified atom stereocenters. The Labute approximate surface area is 115 Å². The van der Waals surface area contributed by atoms with Crippen LogP contribution >= 0.6 is 27.3 Å². The molecule has 3 aliphatic heterocycles. The van der Waals surface area contributed by atoms with Gasteiger partial charge in [-0.15, -0.1) is 11.3 Å². The molecule has 4 rings (SSSR count). The third kappa shape index (κ3) is 2.19. The Morgan fingerprint density at radius 2 is 2.18 bits per heavy atom. The van der Waals surface area contributed by atoms with Crippen molar-refractivity contribution in [1.29, 1.82) is 0 Å². The highest BCUT2D eigenvalue weighted by Gasteiger charge is 2.37. The van der Waals surface area contributed by atoms with Crippen LogP contribution in [0.5, 0.6) is 0 Å². The maximum absolute atomic E-state index is 3.67. The summed E-state index contributed by atoms with van der Waals surface area (Å²) in [4.78, 5) is 6.68. The lowest BCUT2D eigenvalue weighted by atomic mass is 9.99. The second kappa shape index (κ2) is 4.97. The first-order valence-corrected chi connectivity index (χ1v) is 7.83. The molecule has 94 valence electrons. The Kier molecular flexibility index (Phi) is 3.54. The van der Waals surface area contributed by atoms with Crippen LogP contribution in [-0.2, 0) is 0 Å². The minimum Gasteiger partial charge on any atom is -0.311 e. The lowest BCUT2D eigenvalue weighted by Crippen LogP contribution is -2.63. The molecule has 0 aliphatic carbocycles. The van der Waals surface area contributed by atoms with Crippen molar-refractivity contribution in [2.24, 2.45) is 0 Å². The van der Waals surface area contributed by atoms with Crippen LogP contribution in [0.3, 0.4) is 0 Å². The van der Waals surface area contributed by atoms with Gasteiger partial charge in [0.15, 0.2) is 0 Å². The average Bonchev–Trinajstić information content (AvgIpc) is 2.79. The maximum atomic E-state index is 3.67. The van der Waals surface area contributed by atoms with Crippen LogP contribution in [0.25, 0.3) is 0 Å². The van der Waals surface area contributed by atoms with Crippen molar-refractivity contribution in [2.75, 3.05) is 39.8 Å². The minimum absolute atomic E-state index is 0.451. The fourth-order valence-corrected chi connectivity index (χ4v) is 4.79. The summed E-state index contributed by atoms with van der Waals surface area (Å²) in [6.07, 6.45) is 0. The Hall–Kier alpha value is 0.0600. The zero-order valence-electron chi connectivity index (χ0n) is 10.0. The van der Waals surface area contributed by atoms with Gasteiger partial charge in [0.05, 0.1) is 6.04 Å². The fraction of sp³-hybridized carbons (Fsp3) is 0.667. The summed E-state index contributed by atoms with van der Waals surface area (Å²) in [5, 5.41) is 5.68. The van der Waals surface area contributed by atoms with E-state index in [1.807, 2.05) is 11.3 Å². The monoisotopic (exact) mass is 315 g/mol. The van der Waals surface area contributed by atoms with Crippen LogP contribution in [0.4, 0.5) is 0 Å². The summed E-state index contributed by atoms with van der Waals surface area (Å²) in [5.41, 5.74) is 0. The van der Waals surface area contributed by atoms with E-state index in [-0.39, 0.29) is 0 Å². The molecule has 1 aromatic rings. The highest BCUT2D eigenvalue weighted by molar-refractivity contribution is 9.10. The van der Waals surface area contributed by atoms with Gasteiger partial charge in [-0.2, -0.15) is 0 Å². The van der Waals surface area contributed by atoms with Gasteiger partial charge in [-0.05, 0) is 34.4 Å². The molecule has 1 aromatic heterocycles. The van der Waals surface area contributed by atoms with E-state index >= 15 is 0 Å². The fourth-order valence-electron chi connectivity index (χ4n) is 3.00. The van der Waals surface area contributed by atoms with Gasteiger partial charge < -0.3 is 5.32 Å². The molecule has 3 saturated heterocycles. The molecule has 1 N–H and O–H groups in total. The first-order chi connectivity index (χ1) is 8.29. The third-order valence-corrected chi connectivity index (χ3v) is 5.90. The zero-order valence-corrected chi connectivity index (χ0v) is 12.4. The zero-order chi connectivity index (χ0) is 11.8. The second-order valence-corrected chi connectivity index (χ2v) is 6.61. The van der Waals surface area contributed by atoms with Gasteiger partial charge in [0.2, 0.25) is 0 Å². The summed E-state index contributed by atoms with van der Waals surface area (Å²) >= 11 is 5.51. The van der Waals surface area contributed by atoms with Gasteiger partial charge in [0.25, 0.3) is 0 Å². The number of hydrogen-bond acceptors (Lipinski definition) is 4. The van der Waals surface area contributed by atoms with Crippen molar-refractivity contribution in [3.63, 3.8) is 0 Å². The molecule has 17 heavy (non-hydrogen) atoms. The van der Waals surface area contributed by atoms with E-state index < -0.39 is 0 Å². The summed E-state index contributed by atoms with van der Waals surface area (Å²) in [6.45, 7) is 6.16. The lowest BCUT2D eigenvalue weighted by Gasteiger charge is -2.50. The Morgan fingerprint density at radius 1 is 1.41 bits per heavy atom. The molecule has 3 nitrogen and oxygen atoms in total. The number of nitrogens with zero attached hydrogens (tertiary/aromatic N) is 2. The van der Waals surface area contributed by atoms with Crippen LogP contribution in [0, 0.1) is 0 Å². The molecule has 2 atom stereocenters. The van der Waals surface area contributed by atoms with Crippen molar-refractivity contribution in [3.8, 4) is 0 Å². The summed E-state index contributed by atoms with van der Waals surface area (Å²) in [7, 11) is 2.08. The largest absolute Gasteiger partial charge is 0.311 e. The second-order valence-electron chi connectivity index (χ2n) is 4.80. The van der Waals surface area contributed by atoms with Crippen molar-refractivity contribution < 1.29 is 0 Å². The molecular formula is C12H18BrN3S. The van der Waals surface area contributed by atoms with Crippen molar-refractivity contribution in [2.45, 2.75) is 12.1 Å². The van der Waals surface area contributed by atoms with E-state index in [1.165, 1.54) is 42.1 Å². The number of nitrogens with one attached hydrogen (secondary N) is 1. The molecule has 0 radical (unpaired) electrons. The first kappa shape index (κ1) is 12.1. The molecule has 5 heteroatoms. The molecule has 2 bridgehead atoms. The molecule has 0 spiro atoms. The predicted molar refractivity (Wildman–Crippen MR) is 75.6 cm³/mol. The van der Waals surface area contributed by atoms with E-state index in [9.17, 15) is 0 Å². The average molecular weight is 316 g/mol. The van der Waals surface area contributed by atoms with Crippen molar-refractivity contribution >= 4 is 27.3 Å². The summed E-state index contributed by atoms with van der Waals surface area (Å²) < 4.78 is 1.25. The molecule has 3 aliphatic rings. The number of likely N-dealkylation sites (N-methyl/N-ethyl adjacent to an activating group) is 1. The lowest BCUT2D eigenvalue weighted by molar-refractivity contribution is -0.00211. The normalized spacial score (nSPS) is 33.9. The van der Waals surface area contributed by atoms with Gasteiger partial charge in [-0.3, -0.25) is 9.80 Å². The minimum atomic E-state index is 0.451. The molecule has 0 amide bonds. The number of thiophene rings is 1. The maximum Gasteiger partial charge on any atom is 0.0594 e. The smallest absolute Gasteiger partial charge is 0.0594 e. The highest BCUT2D eigenvalue weighted by atomic mass is 79.9. The van der Waals surface area contributed by atoms with Crippen molar-refractivity contribution in [3.05, 3.63) is 20.8 Å². The molecule has 0 saturated carbocycles. The molecule has 3 fully saturated rings. The van der Waals surface area contributed by atoms with Gasteiger partial charge in [0, 0.05) is 48.1 Å². The Bertz CT molecular complexity index is 387. The van der Waals surface area contributed by atoms with Crippen LogP contribution in [0.1, 0.15) is 10.9 Å². The topological polar surface area (TPSA) is 18.5 Å². The van der Waals surface area contributed by atoms with E-state index in [4.69, 9.17) is 0 Å². The molecule has 4 heterocycles. The van der Waals surface area contributed by atoms with Crippen LogP contribution in [-0.4, -0.2) is 55.6 Å². The van der Waals surface area contributed by atoms with Gasteiger partial charge >= 0.3 is 0 Å². The van der Waals surface area contributed by atoms with Gasteiger partial charge in [-0.1, -0.05) is 0 Å². The standard InChI is InChI=1S/C12H18BrN3S/c1-14-11(12-9(13)2-7-17-12)10-8-15-3-5-16(10)6-4-15/h2,7,10-11,14H,3-6,8H2,1H3. The van der Waals surface area contributed by atoms with Crippen molar-refractivity contribution in [1.82, 2.24) is 15.1 Å². The summed E-state index contributed by atoms with van der Waals surface area (Å²) in [6, 6.07) is 3.23. The van der Waals surface area contributed by atoms with Gasteiger partial charge in [-0.25, -0.2) is 0 Å². The third-order valence-electron chi connectivity index (χ3n) is 3.94. The Balaban J connectivity index is 1.84. The van der Waals surface area contributed by atoms with E-state index in [0.717, 1.165) is 0 Å². The SMILES string of the molecule is CNC(c1sccc1Br)C1CN2CCN1CC2. The van der Waals surface area contributed by atoms with E-state index in [2.05, 4.69) is 49.5 Å². The highest BCUT2D eigenvalue weighted by Crippen LogP contribution is 2.34. The number of piperazine rings is 3.